The predicted octanol–water partition coefficient (Wildman–Crippen LogP) is 2.73. The molecule has 2 heterocycles. The lowest BCUT2D eigenvalue weighted by Gasteiger charge is -2.10. The predicted molar refractivity (Wildman–Crippen MR) is 96.2 cm³/mol. The van der Waals surface area contributed by atoms with Gasteiger partial charge in [0.05, 0.1) is 0 Å². The number of aromatic nitrogens is 2. The molecular weight excluding hydrogens is 378 g/mol. The Bertz CT molecular complexity index is 829. The minimum absolute atomic E-state index is 0.282. The molecule has 3 N–H and O–H groups in total. The SMILES string of the molecule is O=C(NNC(=S)Nc1ccc(Br)cc1)c1cn2ccccc2n1. The molecule has 6 nitrogen and oxygen atoms in total. The van der Waals surface area contributed by atoms with Gasteiger partial charge in [0, 0.05) is 22.6 Å². The van der Waals surface area contributed by atoms with Crippen molar-refractivity contribution in [1.29, 1.82) is 0 Å². The maximum absolute atomic E-state index is 12.1. The first-order chi connectivity index (χ1) is 11.1. The number of rotatable bonds is 2. The summed E-state index contributed by atoms with van der Waals surface area (Å²) in [5.41, 5.74) is 6.98. The summed E-state index contributed by atoms with van der Waals surface area (Å²) in [4.78, 5) is 16.3. The van der Waals surface area contributed by atoms with E-state index in [2.05, 4.69) is 37.1 Å². The van der Waals surface area contributed by atoms with Crippen molar-refractivity contribution < 1.29 is 4.79 Å². The number of nitrogens with one attached hydrogen (secondary N) is 3. The largest absolute Gasteiger partial charge is 0.331 e. The molecule has 8 heteroatoms. The van der Waals surface area contributed by atoms with Crippen molar-refractivity contribution in [1.82, 2.24) is 20.2 Å². The Hall–Kier alpha value is -2.45. The number of amides is 1. The fourth-order valence-corrected chi connectivity index (χ4v) is 2.35. The van der Waals surface area contributed by atoms with Crippen LogP contribution in [0.25, 0.3) is 5.65 Å². The average Bonchev–Trinajstić information content (AvgIpc) is 2.99. The van der Waals surface area contributed by atoms with Crippen molar-refractivity contribution in [2.24, 2.45) is 0 Å². The van der Waals surface area contributed by atoms with Gasteiger partial charge in [-0.2, -0.15) is 0 Å². The molecule has 23 heavy (non-hydrogen) atoms. The van der Waals surface area contributed by atoms with Crippen LogP contribution in [0.1, 0.15) is 10.5 Å². The van der Waals surface area contributed by atoms with Gasteiger partial charge < -0.3 is 9.72 Å². The molecule has 0 spiro atoms. The van der Waals surface area contributed by atoms with E-state index in [0.29, 0.717) is 11.3 Å². The van der Waals surface area contributed by atoms with Crippen LogP contribution in [0.3, 0.4) is 0 Å². The maximum atomic E-state index is 12.1. The number of imidazole rings is 1. The lowest BCUT2D eigenvalue weighted by molar-refractivity contribution is 0.0940. The van der Waals surface area contributed by atoms with E-state index in [1.807, 2.05) is 48.7 Å². The molecular formula is C15H12BrN5OS. The Morgan fingerprint density at radius 2 is 1.91 bits per heavy atom. The molecule has 0 saturated heterocycles. The summed E-state index contributed by atoms with van der Waals surface area (Å²) < 4.78 is 2.75. The summed E-state index contributed by atoms with van der Waals surface area (Å²) in [6.07, 6.45) is 3.48. The van der Waals surface area contributed by atoms with Gasteiger partial charge in [-0.05, 0) is 48.6 Å². The van der Waals surface area contributed by atoms with Gasteiger partial charge in [-0.25, -0.2) is 4.98 Å². The summed E-state index contributed by atoms with van der Waals surface area (Å²) >= 11 is 8.49. The van der Waals surface area contributed by atoms with Crippen molar-refractivity contribution in [3.63, 3.8) is 0 Å². The second kappa shape index (κ2) is 6.76. The minimum Gasteiger partial charge on any atom is -0.331 e. The summed E-state index contributed by atoms with van der Waals surface area (Å²) in [5.74, 6) is -0.367. The molecule has 0 bridgehead atoms. The molecule has 1 aromatic carbocycles. The Morgan fingerprint density at radius 1 is 1.13 bits per heavy atom. The molecule has 0 aliphatic rings. The second-order valence-electron chi connectivity index (χ2n) is 4.63. The van der Waals surface area contributed by atoms with Crippen LogP contribution in [0.2, 0.25) is 0 Å². The zero-order valence-electron chi connectivity index (χ0n) is 11.8. The third kappa shape index (κ3) is 3.85. The highest BCUT2D eigenvalue weighted by Crippen LogP contribution is 2.13. The van der Waals surface area contributed by atoms with Crippen molar-refractivity contribution in [3.8, 4) is 0 Å². The number of benzene rings is 1. The molecule has 3 rings (SSSR count). The number of fused-ring (bicyclic) bond motifs is 1. The summed E-state index contributed by atoms with van der Waals surface area (Å²) in [5, 5.41) is 3.24. The molecule has 0 unspecified atom stereocenters. The number of pyridine rings is 1. The molecule has 0 aliphatic carbocycles. The number of nitrogens with zero attached hydrogens (tertiary/aromatic N) is 2. The highest BCUT2D eigenvalue weighted by molar-refractivity contribution is 9.10. The third-order valence-electron chi connectivity index (χ3n) is 2.99. The molecule has 0 saturated carbocycles. The molecule has 1 amide bonds. The van der Waals surface area contributed by atoms with Crippen LogP contribution < -0.4 is 16.2 Å². The van der Waals surface area contributed by atoms with Crippen molar-refractivity contribution in [2.45, 2.75) is 0 Å². The average molecular weight is 390 g/mol. The summed E-state index contributed by atoms with van der Waals surface area (Å²) in [6.45, 7) is 0. The van der Waals surface area contributed by atoms with Gasteiger partial charge in [-0.1, -0.05) is 22.0 Å². The first kappa shape index (κ1) is 15.4. The molecule has 116 valence electrons. The number of hydrogen-bond donors (Lipinski definition) is 3. The Morgan fingerprint density at radius 3 is 2.65 bits per heavy atom. The van der Waals surface area contributed by atoms with E-state index in [9.17, 15) is 4.79 Å². The normalized spacial score (nSPS) is 10.3. The number of hydrazine groups is 1. The zero-order chi connectivity index (χ0) is 16.2. The molecule has 0 radical (unpaired) electrons. The van der Waals surface area contributed by atoms with E-state index in [0.717, 1.165) is 10.2 Å². The van der Waals surface area contributed by atoms with Crippen LogP contribution in [0.5, 0.6) is 0 Å². The standard InChI is InChI=1S/C15H12BrN5OS/c16-10-4-6-11(7-5-10)17-15(23)20-19-14(22)12-9-21-8-2-1-3-13(21)18-12/h1-9H,(H,19,22)(H2,17,20,23). The van der Waals surface area contributed by atoms with Gasteiger partial charge in [-0.15, -0.1) is 0 Å². The van der Waals surface area contributed by atoms with Crippen LogP contribution in [0, 0.1) is 0 Å². The Kier molecular flexibility index (Phi) is 4.54. The quantitative estimate of drug-likeness (QED) is 0.464. The Balaban J connectivity index is 1.57. The molecule has 2 aromatic heterocycles. The summed E-state index contributed by atoms with van der Waals surface area (Å²) in [6, 6.07) is 13.1. The van der Waals surface area contributed by atoms with E-state index in [-0.39, 0.29) is 11.0 Å². The first-order valence-electron chi connectivity index (χ1n) is 6.68. The Labute approximate surface area is 146 Å². The monoisotopic (exact) mass is 389 g/mol. The van der Waals surface area contributed by atoms with Crippen molar-refractivity contribution >= 4 is 50.5 Å². The van der Waals surface area contributed by atoms with E-state index in [4.69, 9.17) is 12.2 Å². The van der Waals surface area contributed by atoms with Gasteiger partial charge >= 0.3 is 0 Å². The number of hydrogen-bond acceptors (Lipinski definition) is 3. The number of thiocarbonyl (C=S) groups is 1. The zero-order valence-corrected chi connectivity index (χ0v) is 14.2. The number of carbonyl (C=O) groups excluding carboxylic acids is 1. The molecule has 0 atom stereocenters. The van der Waals surface area contributed by atoms with Gasteiger partial charge in [0.25, 0.3) is 5.91 Å². The van der Waals surface area contributed by atoms with Crippen LogP contribution in [-0.2, 0) is 0 Å². The number of anilines is 1. The van der Waals surface area contributed by atoms with Crippen molar-refractivity contribution in [3.05, 3.63) is 65.0 Å². The van der Waals surface area contributed by atoms with Crippen molar-refractivity contribution in [2.75, 3.05) is 5.32 Å². The number of carbonyl (C=O) groups is 1. The van der Waals surface area contributed by atoms with Gasteiger partial charge in [0.2, 0.25) is 0 Å². The van der Waals surface area contributed by atoms with Gasteiger partial charge in [0.15, 0.2) is 5.11 Å². The lowest BCUT2D eigenvalue weighted by atomic mass is 10.3. The van der Waals surface area contributed by atoms with Crippen LogP contribution in [0.4, 0.5) is 5.69 Å². The van der Waals surface area contributed by atoms with Crippen LogP contribution in [0.15, 0.2) is 59.3 Å². The van der Waals surface area contributed by atoms with Gasteiger partial charge in [-0.3, -0.25) is 15.6 Å². The third-order valence-corrected chi connectivity index (χ3v) is 3.72. The van der Waals surface area contributed by atoms with Crippen LogP contribution in [-0.4, -0.2) is 20.4 Å². The fraction of sp³-hybridized carbons (Fsp3) is 0. The van der Waals surface area contributed by atoms with E-state index in [1.165, 1.54) is 0 Å². The smallest absolute Gasteiger partial charge is 0.289 e. The lowest BCUT2D eigenvalue weighted by Crippen LogP contribution is -2.43. The van der Waals surface area contributed by atoms with Gasteiger partial charge in [0.1, 0.15) is 11.3 Å². The maximum Gasteiger partial charge on any atom is 0.289 e. The first-order valence-corrected chi connectivity index (χ1v) is 7.88. The second-order valence-corrected chi connectivity index (χ2v) is 5.96. The fourth-order valence-electron chi connectivity index (χ4n) is 1.92. The minimum atomic E-state index is -0.367. The molecule has 0 fully saturated rings. The number of halogens is 1. The topological polar surface area (TPSA) is 70.5 Å². The molecule has 0 aliphatic heterocycles. The van der Waals surface area contributed by atoms with E-state index >= 15 is 0 Å². The van der Waals surface area contributed by atoms with Crippen LogP contribution >= 0.6 is 28.1 Å². The summed E-state index contributed by atoms with van der Waals surface area (Å²) in [7, 11) is 0. The highest BCUT2D eigenvalue weighted by atomic mass is 79.9. The molecule has 3 aromatic rings. The highest BCUT2D eigenvalue weighted by Gasteiger charge is 2.10. The van der Waals surface area contributed by atoms with E-state index in [1.54, 1.807) is 10.6 Å². The van der Waals surface area contributed by atoms with E-state index < -0.39 is 0 Å².